The second-order valence-electron chi connectivity index (χ2n) is 5.34. The Morgan fingerprint density at radius 1 is 1.53 bits per heavy atom. The maximum atomic E-state index is 11.6. The molecule has 1 aliphatic heterocycles. The molecule has 1 atom stereocenters. The quantitative estimate of drug-likeness (QED) is 0.788. The number of imidazole rings is 1. The predicted molar refractivity (Wildman–Crippen MR) is 75.6 cm³/mol. The molecule has 108 valence electrons. The molecule has 0 aromatic carbocycles. The fourth-order valence-corrected chi connectivity index (χ4v) is 4.31. The first kappa shape index (κ1) is 14.5. The van der Waals surface area contributed by atoms with E-state index in [0.717, 1.165) is 38.2 Å². The first-order valence-corrected chi connectivity index (χ1v) is 8.74. The second-order valence-corrected chi connectivity index (χ2v) is 7.56. The van der Waals surface area contributed by atoms with Crippen LogP contribution in [0.25, 0.3) is 0 Å². The fraction of sp³-hybridized carbons (Fsp3) is 0.769. The lowest BCUT2D eigenvalue weighted by Gasteiger charge is -2.27. The van der Waals surface area contributed by atoms with E-state index in [9.17, 15) is 8.42 Å². The highest BCUT2D eigenvalue weighted by Crippen LogP contribution is 2.20. The molecule has 1 aliphatic rings. The van der Waals surface area contributed by atoms with Gasteiger partial charge in [0, 0.05) is 25.5 Å². The molecule has 0 amide bonds. The molecular formula is C13H23N3O2S. The summed E-state index contributed by atoms with van der Waals surface area (Å²) in [4.78, 5) is 6.63. The Bertz CT molecular complexity index is 510. The number of rotatable bonds is 6. The van der Waals surface area contributed by atoms with Gasteiger partial charge in [0.1, 0.15) is 5.82 Å². The summed E-state index contributed by atoms with van der Waals surface area (Å²) in [6.07, 6.45) is 6.70. The van der Waals surface area contributed by atoms with E-state index >= 15 is 0 Å². The van der Waals surface area contributed by atoms with E-state index in [-0.39, 0.29) is 6.04 Å². The van der Waals surface area contributed by atoms with Crippen LogP contribution in [0.4, 0.5) is 0 Å². The molecule has 1 fully saturated rings. The predicted octanol–water partition coefficient (Wildman–Crippen LogP) is 1.21. The standard InChI is InChI=1S/C13H23N3O2S/c1-3-4-7-16(10-13-14-6-8-15(13)2)12-5-9-19(17,18)11-12/h6,8,12H,3-5,7,9-11H2,1-2H3. The number of sulfone groups is 1. The Hall–Kier alpha value is -0.880. The Morgan fingerprint density at radius 2 is 2.32 bits per heavy atom. The van der Waals surface area contributed by atoms with E-state index in [1.165, 1.54) is 0 Å². The first-order valence-electron chi connectivity index (χ1n) is 6.92. The average molecular weight is 285 g/mol. The largest absolute Gasteiger partial charge is 0.337 e. The molecule has 2 heterocycles. The first-order chi connectivity index (χ1) is 9.02. The van der Waals surface area contributed by atoms with Crippen LogP contribution in [0.5, 0.6) is 0 Å². The Kier molecular flexibility index (Phi) is 4.62. The van der Waals surface area contributed by atoms with Crippen LogP contribution in [0.1, 0.15) is 32.0 Å². The number of hydrogen-bond acceptors (Lipinski definition) is 4. The minimum Gasteiger partial charge on any atom is -0.337 e. The van der Waals surface area contributed by atoms with Gasteiger partial charge in [-0.3, -0.25) is 4.90 Å². The minimum absolute atomic E-state index is 0.160. The number of nitrogens with zero attached hydrogens (tertiary/aromatic N) is 3. The molecule has 1 unspecified atom stereocenters. The van der Waals surface area contributed by atoms with Crippen LogP contribution in [0.2, 0.25) is 0 Å². The van der Waals surface area contributed by atoms with Gasteiger partial charge >= 0.3 is 0 Å². The van der Waals surface area contributed by atoms with Crippen molar-refractivity contribution < 1.29 is 8.42 Å². The Balaban J connectivity index is 2.06. The lowest BCUT2D eigenvalue weighted by Crippen LogP contribution is -2.37. The van der Waals surface area contributed by atoms with Crippen molar-refractivity contribution >= 4 is 9.84 Å². The van der Waals surface area contributed by atoms with Crippen LogP contribution in [0.3, 0.4) is 0 Å². The number of hydrogen-bond donors (Lipinski definition) is 0. The van der Waals surface area contributed by atoms with Crippen molar-refractivity contribution in [3.05, 3.63) is 18.2 Å². The Morgan fingerprint density at radius 3 is 2.84 bits per heavy atom. The van der Waals surface area contributed by atoms with E-state index in [4.69, 9.17) is 0 Å². The van der Waals surface area contributed by atoms with Gasteiger partial charge in [0.25, 0.3) is 0 Å². The zero-order valence-corrected chi connectivity index (χ0v) is 12.6. The van der Waals surface area contributed by atoms with E-state index < -0.39 is 9.84 Å². The van der Waals surface area contributed by atoms with E-state index in [2.05, 4.69) is 16.8 Å². The fourth-order valence-electron chi connectivity index (χ4n) is 2.55. The van der Waals surface area contributed by atoms with Gasteiger partial charge < -0.3 is 4.57 Å². The van der Waals surface area contributed by atoms with Crippen molar-refractivity contribution in [1.82, 2.24) is 14.5 Å². The summed E-state index contributed by atoms with van der Waals surface area (Å²) in [5.41, 5.74) is 0. The van der Waals surface area contributed by atoms with Crippen LogP contribution < -0.4 is 0 Å². The monoisotopic (exact) mass is 285 g/mol. The van der Waals surface area contributed by atoms with E-state index in [0.29, 0.717) is 11.5 Å². The molecule has 6 heteroatoms. The molecule has 0 N–H and O–H groups in total. The maximum Gasteiger partial charge on any atom is 0.151 e. The molecule has 5 nitrogen and oxygen atoms in total. The van der Waals surface area contributed by atoms with Gasteiger partial charge in [-0.15, -0.1) is 0 Å². The summed E-state index contributed by atoms with van der Waals surface area (Å²) in [6.45, 7) is 3.84. The molecule has 1 aromatic rings. The summed E-state index contributed by atoms with van der Waals surface area (Å²) >= 11 is 0. The van der Waals surface area contributed by atoms with Crippen LogP contribution in [-0.2, 0) is 23.4 Å². The third-order valence-corrected chi connectivity index (χ3v) is 5.54. The summed E-state index contributed by atoms with van der Waals surface area (Å²) < 4.78 is 25.3. The number of unbranched alkanes of at least 4 members (excludes halogenated alkanes) is 1. The maximum absolute atomic E-state index is 11.6. The van der Waals surface area contributed by atoms with Crippen molar-refractivity contribution in [2.24, 2.45) is 7.05 Å². The van der Waals surface area contributed by atoms with Crippen molar-refractivity contribution in [3.63, 3.8) is 0 Å². The normalized spacial score (nSPS) is 22.2. The molecule has 0 aliphatic carbocycles. The topological polar surface area (TPSA) is 55.2 Å². The van der Waals surface area contributed by atoms with Gasteiger partial charge in [0.05, 0.1) is 18.1 Å². The van der Waals surface area contributed by atoms with Gasteiger partial charge in [0.15, 0.2) is 9.84 Å². The molecule has 1 aromatic heterocycles. The molecule has 0 radical (unpaired) electrons. The van der Waals surface area contributed by atoms with Crippen LogP contribution in [-0.4, -0.2) is 47.0 Å². The highest BCUT2D eigenvalue weighted by Gasteiger charge is 2.32. The summed E-state index contributed by atoms with van der Waals surface area (Å²) in [6, 6.07) is 0.160. The summed E-state index contributed by atoms with van der Waals surface area (Å²) in [5, 5.41) is 0. The molecular weight excluding hydrogens is 262 g/mol. The van der Waals surface area contributed by atoms with Crippen LogP contribution in [0.15, 0.2) is 12.4 Å². The van der Waals surface area contributed by atoms with Gasteiger partial charge in [-0.25, -0.2) is 13.4 Å². The SMILES string of the molecule is CCCCN(Cc1nccn1C)C1CCS(=O)(=O)C1. The molecule has 2 rings (SSSR count). The van der Waals surface area contributed by atoms with Gasteiger partial charge in [-0.2, -0.15) is 0 Å². The van der Waals surface area contributed by atoms with Crippen LogP contribution in [0, 0.1) is 0 Å². The lowest BCUT2D eigenvalue weighted by molar-refractivity contribution is 0.194. The van der Waals surface area contributed by atoms with Crippen molar-refractivity contribution in [2.45, 2.75) is 38.8 Å². The van der Waals surface area contributed by atoms with Crippen LogP contribution >= 0.6 is 0 Å². The third kappa shape index (κ3) is 3.79. The third-order valence-electron chi connectivity index (χ3n) is 3.79. The number of aromatic nitrogens is 2. The van der Waals surface area contributed by atoms with Gasteiger partial charge in [0.2, 0.25) is 0 Å². The smallest absolute Gasteiger partial charge is 0.151 e. The zero-order chi connectivity index (χ0) is 13.9. The van der Waals surface area contributed by atoms with Gasteiger partial charge in [-0.1, -0.05) is 13.3 Å². The van der Waals surface area contributed by atoms with E-state index in [1.54, 1.807) is 6.20 Å². The second kappa shape index (κ2) is 6.05. The zero-order valence-electron chi connectivity index (χ0n) is 11.7. The van der Waals surface area contributed by atoms with Gasteiger partial charge in [-0.05, 0) is 19.4 Å². The molecule has 1 saturated heterocycles. The highest BCUT2D eigenvalue weighted by molar-refractivity contribution is 7.91. The van der Waals surface area contributed by atoms with Crippen molar-refractivity contribution in [3.8, 4) is 0 Å². The molecule has 0 saturated carbocycles. The Labute approximate surface area is 115 Å². The molecule has 0 bridgehead atoms. The minimum atomic E-state index is -2.82. The van der Waals surface area contributed by atoms with Crippen molar-refractivity contribution in [1.29, 1.82) is 0 Å². The average Bonchev–Trinajstić information content (AvgIpc) is 2.91. The lowest BCUT2D eigenvalue weighted by atomic mass is 10.2. The summed E-state index contributed by atoms with van der Waals surface area (Å²) in [7, 11) is -0.846. The van der Waals surface area contributed by atoms with Crippen molar-refractivity contribution in [2.75, 3.05) is 18.1 Å². The highest BCUT2D eigenvalue weighted by atomic mass is 32.2. The summed E-state index contributed by atoms with van der Waals surface area (Å²) in [5.74, 6) is 1.64. The van der Waals surface area contributed by atoms with E-state index in [1.807, 2.05) is 17.8 Å². The number of aryl methyl sites for hydroxylation is 1. The molecule has 19 heavy (non-hydrogen) atoms. The molecule has 0 spiro atoms.